The second kappa shape index (κ2) is 6.77. The predicted molar refractivity (Wildman–Crippen MR) is 90.0 cm³/mol. The quantitative estimate of drug-likeness (QED) is 0.878. The van der Waals surface area contributed by atoms with E-state index in [-0.39, 0.29) is 0 Å². The molecule has 0 unspecified atom stereocenters. The number of methoxy groups -OCH3 is 1. The molecule has 21 heavy (non-hydrogen) atoms. The third kappa shape index (κ3) is 3.45. The molecular weight excluding hydrogens is 258 g/mol. The minimum Gasteiger partial charge on any atom is -0.496 e. The lowest BCUT2D eigenvalue weighted by Gasteiger charge is -2.14. The highest BCUT2D eigenvalue weighted by Gasteiger charge is 2.09. The van der Waals surface area contributed by atoms with Crippen LogP contribution in [0.2, 0.25) is 0 Å². The Balaban J connectivity index is 2.40. The fourth-order valence-electron chi connectivity index (χ4n) is 2.71. The SMILES string of the molecule is CCNCc1ccc(-c2cc(C)c(OC)cc2C)c(C)c1. The zero-order valence-electron chi connectivity index (χ0n) is 13.7. The van der Waals surface area contributed by atoms with Crippen LogP contribution in [-0.2, 0) is 6.54 Å². The second-order valence-electron chi connectivity index (χ2n) is 5.57. The van der Waals surface area contributed by atoms with Gasteiger partial charge in [0.1, 0.15) is 5.75 Å². The van der Waals surface area contributed by atoms with Gasteiger partial charge in [0.05, 0.1) is 7.11 Å². The summed E-state index contributed by atoms with van der Waals surface area (Å²) in [5, 5.41) is 3.37. The van der Waals surface area contributed by atoms with Crippen LogP contribution in [-0.4, -0.2) is 13.7 Å². The van der Waals surface area contributed by atoms with Crippen LogP contribution < -0.4 is 10.1 Å². The molecule has 0 bridgehead atoms. The number of nitrogens with one attached hydrogen (secondary N) is 1. The molecule has 0 aliphatic heterocycles. The molecule has 0 radical (unpaired) electrons. The number of aryl methyl sites for hydroxylation is 3. The molecule has 0 aromatic heterocycles. The number of ether oxygens (including phenoxy) is 1. The van der Waals surface area contributed by atoms with Crippen molar-refractivity contribution >= 4 is 0 Å². The van der Waals surface area contributed by atoms with Crippen LogP contribution in [0.15, 0.2) is 30.3 Å². The first-order valence-electron chi connectivity index (χ1n) is 7.52. The third-order valence-corrected chi connectivity index (χ3v) is 3.90. The van der Waals surface area contributed by atoms with Crippen molar-refractivity contribution in [2.24, 2.45) is 0 Å². The summed E-state index contributed by atoms with van der Waals surface area (Å²) in [5.74, 6) is 0.956. The van der Waals surface area contributed by atoms with Gasteiger partial charge in [-0.05, 0) is 72.8 Å². The molecule has 2 heteroatoms. The zero-order valence-corrected chi connectivity index (χ0v) is 13.7. The van der Waals surface area contributed by atoms with Crippen LogP contribution >= 0.6 is 0 Å². The van der Waals surface area contributed by atoms with E-state index in [0.717, 1.165) is 18.8 Å². The van der Waals surface area contributed by atoms with E-state index >= 15 is 0 Å². The Morgan fingerprint density at radius 1 is 0.905 bits per heavy atom. The van der Waals surface area contributed by atoms with Gasteiger partial charge in [0.15, 0.2) is 0 Å². The van der Waals surface area contributed by atoms with E-state index in [1.807, 2.05) is 0 Å². The first-order valence-corrected chi connectivity index (χ1v) is 7.52. The molecule has 0 saturated heterocycles. The topological polar surface area (TPSA) is 21.3 Å². The zero-order chi connectivity index (χ0) is 15.4. The molecule has 0 amide bonds. The summed E-state index contributed by atoms with van der Waals surface area (Å²) in [7, 11) is 1.72. The molecule has 0 saturated carbocycles. The van der Waals surface area contributed by atoms with Crippen molar-refractivity contribution in [1.82, 2.24) is 5.32 Å². The Kier molecular flexibility index (Phi) is 5.03. The molecule has 2 rings (SSSR count). The molecule has 0 heterocycles. The number of benzene rings is 2. The molecule has 112 valence electrons. The fraction of sp³-hybridized carbons (Fsp3) is 0.368. The first-order chi connectivity index (χ1) is 10.1. The Morgan fingerprint density at radius 3 is 2.24 bits per heavy atom. The van der Waals surface area contributed by atoms with Crippen LogP contribution in [0.4, 0.5) is 0 Å². The average molecular weight is 283 g/mol. The van der Waals surface area contributed by atoms with Gasteiger partial charge in [-0.25, -0.2) is 0 Å². The van der Waals surface area contributed by atoms with Gasteiger partial charge in [0.2, 0.25) is 0 Å². The lowest BCUT2D eigenvalue weighted by atomic mass is 9.93. The van der Waals surface area contributed by atoms with Gasteiger partial charge < -0.3 is 10.1 Å². The molecule has 2 aromatic carbocycles. The predicted octanol–water partition coefficient (Wildman–Crippen LogP) is 4.40. The second-order valence-corrected chi connectivity index (χ2v) is 5.57. The maximum absolute atomic E-state index is 5.40. The maximum atomic E-state index is 5.40. The molecule has 0 fully saturated rings. The van der Waals surface area contributed by atoms with Gasteiger partial charge in [0, 0.05) is 6.54 Å². The van der Waals surface area contributed by atoms with Crippen molar-refractivity contribution in [3.8, 4) is 16.9 Å². The molecule has 0 atom stereocenters. The van der Waals surface area contributed by atoms with Gasteiger partial charge in [-0.2, -0.15) is 0 Å². The van der Waals surface area contributed by atoms with E-state index in [2.05, 4.69) is 63.3 Å². The monoisotopic (exact) mass is 283 g/mol. The summed E-state index contributed by atoms with van der Waals surface area (Å²) in [6.45, 7) is 10.5. The molecule has 1 N–H and O–H groups in total. The average Bonchev–Trinajstić information content (AvgIpc) is 2.47. The highest BCUT2D eigenvalue weighted by atomic mass is 16.5. The van der Waals surface area contributed by atoms with Gasteiger partial charge in [-0.15, -0.1) is 0 Å². The van der Waals surface area contributed by atoms with Gasteiger partial charge in [-0.3, -0.25) is 0 Å². The van der Waals surface area contributed by atoms with Crippen LogP contribution in [0.1, 0.15) is 29.2 Å². The molecule has 0 aliphatic carbocycles. The van der Waals surface area contributed by atoms with E-state index in [1.165, 1.54) is 33.4 Å². The Bertz CT molecular complexity index is 632. The molecular formula is C19H25NO. The van der Waals surface area contributed by atoms with Crippen LogP contribution in [0, 0.1) is 20.8 Å². The third-order valence-electron chi connectivity index (χ3n) is 3.90. The molecule has 0 spiro atoms. The van der Waals surface area contributed by atoms with Crippen molar-refractivity contribution in [1.29, 1.82) is 0 Å². The van der Waals surface area contributed by atoms with Crippen molar-refractivity contribution in [2.45, 2.75) is 34.2 Å². The molecule has 2 aromatic rings. The van der Waals surface area contributed by atoms with E-state index < -0.39 is 0 Å². The largest absolute Gasteiger partial charge is 0.496 e. The maximum Gasteiger partial charge on any atom is 0.122 e. The highest BCUT2D eigenvalue weighted by Crippen LogP contribution is 2.32. The number of rotatable bonds is 5. The van der Waals surface area contributed by atoms with Gasteiger partial charge in [-0.1, -0.05) is 25.1 Å². The van der Waals surface area contributed by atoms with E-state index in [9.17, 15) is 0 Å². The number of hydrogen-bond donors (Lipinski definition) is 1. The van der Waals surface area contributed by atoms with E-state index in [1.54, 1.807) is 7.11 Å². The summed E-state index contributed by atoms with van der Waals surface area (Å²) >= 11 is 0. The van der Waals surface area contributed by atoms with E-state index in [4.69, 9.17) is 4.74 Å². The standard InChI is InChI=1S/C19H25NO/c1-6-20-12-16-7-8-17(13(2)9-16)18-10-15(4)19(21-5)11-14(18)3/h7-11,20H,6,12H2,1-5H3. The van der Waals surface area contributed by atoms with E-state index in [0.29, 0.717) is 0 Å². The van der Waals surface area contributed by atoms with Crippen molar-refractivity contribution in [3.63, 3.8) is 0 Å². The normalized spacial score (nSPS) is 10.7. The van der Waals surface area contributed by atoms with Crippen molar-refractivity contribution in [3.05, 3.63) is 52.6 Å². The minimum absolute atomic E-state index is 0.929. The lowest BCUT2D eigenvalue weighted by molar-refractivity contribution is 0.411. The van der Waals surface area contributed by atoms with Crippen LogP contribution in [0.5, 0.6) is 5.75 Å². The molecule has 2 nitrogen and oxygen atoms in total. The van der Waals surface area contributed by atoms with Crippen molar-refractivity contribution < 1.29 is 4.74 Å². The summed E-state index contributed by atoms with van der Waals surface area (Å²) in [4.78, 5) is 0. The minimum atomic E-state index is 0.929. The Morgan fingerprint density at radius 2 is 1.62 bits per heavy atom. The number of hydrogen-bond acceptors (Lipinski definition) is 2. The summed E-state index contributed by atoms with van der Waals surface area (Å²) in [6.07, 6.45) is 0. The van der Waals surface area contributed by atoms with Gasteiger partial charge in [0.25, 0.3) is 0 Å². The van der Waals surface area contributed by atoms with Crippen LogP contribution in [0.3, 0.4) is 0 Å². The Hall–Kier alpha value is -1.80. The summed E-state index contributed by atoms with van der Waals surface area (Å²) in [5.41, 5.74) is 7.67. The summed E-state index contributed by atoms with van der Waals surface area (Å²) < 4.78 is 5.40. The molecule has 0 aliphatic rings. The Labute approximate surface area is 128 Å². The van der Waals surface area contributed by atoms with Crippen LogP contribution in [0.25, 0.3) is 11.1 Å². The lowest BCUT2D eigenvalue weighted by Crippen LogP contribution is -2.11. The highest BCUT2D eigenvalue weighted by molar-refractivity contribution is 5.72. The summed E-state index contributed by atoms with van der Waals surface area (Å²) in [6, 6.07) is 11.1. The first kappa shape index (κ1) is 15.6. The fourth-order valence-corrected chi connectivity index (χ4v) is 2.71. The van der Waals surface area contributed by atoms with Gasteiger partial charge >= 0.3 is 0 Å². The smallest absolute Gasteiger partial charge is 0.122 e. The van der Waals surface area contributed by atoms with Crippen molar-refractivity contribution in [2.75, 3.05) is 13.7 Å².